The van der Waals surface area contributed by atoms with Crippen molar-refractivity contribution in [1.29, 1.82) is 0 Å². The zero-order valence-electron chi connectivity index (χ0n) is 28.3. The van der Waals surface area contributed by atoms with Crippen molar-refractivity contribution in [3.05, 3.63) is 156 Å². The fourth-order valence-electron chi connectivity index (χ4n) is 7.09. The summed E-state index contributed by atoms with van der Waals surface area (Å²) < 4.78 is 6.85. The predicted octanol–water partition coefficient (Wildman–Crippen LogP) is 5.33. The highest BCUT2D eigenvalue weighted by Crippen LogP contribution is 2.42. The second-order valence-electron chi connectivity index (χ2n) is 12.9. The van der Waals surface area contributed by atoms with Gasteiger partial charge in [-0.2, -0.15) is 0 Å². The van der Waals surface area contributed by atoms with Crippen molar-refractivity contribution in [1.82, 2.24) is 0 Å². The number of anilines is 1. The number of nitrogens with one attached hydrogen (secondary N) is 1. The third kappa shape index (κ3) is 6.43. The van der Waals surface area contributed by atoms with Crippen LogP contribution in [0.5, 0.6) is 0 Å². The summed E-state index contributed by atoms with van der Waals surface area (Å²) in [7, 11) is -3.17. The Morgan fingerprint density at radius 2 is 1.19 bits per heavy atom. The highest BCUT2D eigenvalue weighted by atomic mass is 16.4. The molecule has 0 aliphatic heterocycles. The van der Waals surface area contributed by atoms with Crippen LogP contribution in [0.2, 0.25) is 0 Å². The van der Waals surface area contributed by atoms with Crippen LogP contribution in [0.3, 0.4) is 0 Å². The first-order valence-corrected chi connectivity index (χ1v) is 17.1. The van der Waals surface area contributed by atoms with Crippen molar-refractivity contribution in [2.75, 3.05) is 5.32 Å². The number of benzene rings is 7. The molecule has 1 heterocycles. The lowest BCUT2D eigenvalue weighted by molar-refractivity contribution is 0.0697. The highest BCUT2D eigenvalue weighted by Gasteiger charge is 2.21. The van der Waals surface area contributed by atoms with E-state index in [1.807, 2.05) is 97.1 Å². The number of nitrogens with zero attached hydrogens (tertiary/aromatic N) is 1. The van der Waals surface area contributed by atoms with Crippen LogP contribution in [0.4, 0.5) is 5.69 Å². The van der Waals surface area contributed by atoms with Crippen molar-refractivity contribution >= 4 is 80.3 Å². The Balaban J connectivity index is 1.29. The molecule has 11 heteroatoms. The van der Waals surface area contributed by atoms with Crippen LogP contribution in [0.25, 0.3) is 54.6 Å². The monoisotopic (exact) mass is 698 g/mol. The third-order valence-electron chi connectivity index (χ3n) is 9.68. The number of hydrogen-bond donors (Lipinski definition) is 6. The fraction of sp³-hybridized carbons (Fsp3) is 0.0476. The number of carboxylic acids is 1. The van der Waals surface area contributed by atoms with Crippen molar-refractivity contribution < 1.29 is 34.4 Å². The van der Waals surface area contributed by atoms with Gasteiger partial charge in [0.2, 0.25) is 0 Å². The summed E-state index contributed by atoms with van der Waals surface area (Å²) in [4.78, 5) is 17.3. The average Bonchev–Trinajstić information content (AvgIpc) is 3.18. The minimum absolute atomic E-state index is 0.178. The van der Waals surface area contributed by atoms with E-state index >= 15 is 0 Å². The molecule has 0 fully saturated rings. The molecule has 8 aromatic rings. The summed E-state index contributed by atoms with van der Waals surface area (Å²) in [5, 5.41) is 58.5. The SMILES string of the molecule is O=C(O)c1ccccc1-c1c2ccc3cc(NCc4ccccc4B(O)O)ccc3c2oc2c1ccc1cc(=NCc3ccccc3B(O)O)ccc12. The normalized spacial score (nSPS) is 11.8. The van der Waals surface area contributed by atoms with Crippen LogP contribution in [0.1, 0.15) is 21.5 Å². The van der Waals surface area contributed by atoms with Gasteiger partial charge in [-0.05, 0) is 93.0 Å². The molecule has 0 unspecified atom stereocenters. The second-order valence-corrected chi connectivity index (χ2v) is 12.9. The fourth-order valence-corrected chi connectivity index (χ4v) is 7.09. The quantitative estimate of drug-likeness (QED) is 0.0672. The van der Waals surface area contributed by atoms with Crippen molar-refractivity contribution in [2.24, 2.45) is 4.99 Å². The van der Waals surface area contributed by atoms with Crippen LogP contribution in [-0.2, 0) is 13.1 Å². The van der Waals surface area contributed by atoms with Gasteiger partial charge < -0.3 is 34.9 Å². The molecule has 0 spiro atoms. The summed E-state index contributed by atoms with van der Waals surface area (Å²) in [5.74, 6) is -1.03. The third-order valence-corrected chi connectivity index (χ3v) is 9.68. The molecule has 0 saturated carbocycles. The smallest absolute Gasteiger partial charge is 0.478 e. The number of carbonyl (C=O) groups is 1. The molecule has 8 rings (SSSR count). The van der Waals surface area contributed by atoms with E-state index in [1.54, 1.807) is 36.4 Å². The van der Waals surface area contributed by atoms with Crippen molar-refractivity contribution in [3.8, 4) is 11.1 Å². The van der Waals surface area contributed by atoms with E-state index in [4.69, 9.17) is 9.41 Å². The average molecular weight is 698 g/mol. The van der Waals surface area contributed by atoms with Gasteiger partial charge in [0.25, 0.3) is 0 Å². The van der Waals surface area contributed by atoms with Gasteiger partial charge in [0.15, 0.2) is 0 Å². The van der Waals surface area contributed by atoms with Crippen molar-refractivity contribution in [3.63, 3.8) is 0 Å². The molecule has 9 nitrogen and oxygen atoms in total. The Hall–Kier alpha value is -6.23. The number of rotatable bonds is 9. The van der Waals surface area contributed by atoms with Gasteiger partial charge in [-0.25, -0.2) is 4.79 Å². The molecule has 0 saturated heterocycles. The number of hydrogen-bond acceptors (Lipinski definition) is 8. The Morgan fingerprint density at radius 1 is 0.623 bits per heavy atom. The molecular formula is C42H32B2N2O7. The van der Waals surface area contributed by atoms with E-state index in [2.05, 4.69) is 5.32 Å². The largest absolute Gasteiger partial charge is 0.488 e. The van der Waals surface area contributed by atoms with Crippen LogP contribution in [0.15, 0.2) is 143 Å². The molecule has 0 aliphatic rings. The highest BCUT2D eigenvalue weighted by molar-refractivity contribution is 6.59. The Morgan fingerprint density at radius 3 is 1.87 bits per heavy atom. The van der Waals surface area contributed by atoms with Gasteiger partial charge in [0, 0.05) is 39.3 Å². The molecule has 0 bridgehead atoms. The van der Waals surface area contributed by atoms with Crippen LogP contribution < -0.4 is 21.6 Å². The summed E-state index contributed by atoms with van der Waals surface area (Å²) >= 11 is 0. The summed E-state index contributed by atoms with van der Waals surface area (Å²) in [5.41, 5.74) is 5.85. The first kappa shape index (κ1) is 33.9. The van der Waals surface area contributed by atoms with E-state index in [0.29, 0.717) is 45.1 Å². The van der Waals surface area contributed by atoms with E-state index < -0.39 is 20.2 Å². The van der Waals surface area contributed by atoms with E-state index in [9.17, 15) is 30.0 Å². The zero-order chi connectivity index (χ0) is 36.6. The summed E-state index contributed by atoms with van der Waals surface area (Å²) in [6.45, 7) is 0.644. The Kier molecular flexibility index (Phi) is 8.99. The molecule has 0 atom stereocenters. The van der Waals surface area contributed by atoms with Gasteiger partial charge in [-0.3, -0.25) is 4.99 Å². The Labute approximate surface area is 304 Å². The van der Waals surface area contributed by atoms with Gasteiger partial charge in [-0.15, -0.1) is 0 Å². The van der Waals surface area contributed by atoms with Gasteiger partial charge >= 0.3 is 20.2 Å². The molecule has 53 heavy (non-hydrogen) atoms. The molecule has 7 aromatic carbocycles. The maximum Gasteiger partial charge on any atom is 0.488 e. The molecular weight excluding hydrogens is 666 g/mol. The molecule has 258 valence electrons. The summed E-state index contributed by atoms with van der Waals surface area (Å²) in [6.07, 6.45) is 0. The van der Waals surface area contributed by atoms with Crippen LogP contribution in [-0.4, -0.2) is 45.4 Å². The van der Waals surface area contributed by atoms with E-state index in [0.717, 1.165) is 49.1 Å². The minimum Gasteiger partial charge on any atom is -0.478 e. The maximum absolute atomic E-state index is 12.5. The van der Waals surface area contributed by atoms with Crippen molar-refractivity contribution in [2.45, 2.75) is 13.1 Å². The van der Waals surface area contributed by atoms with Gasteiger partial charge in [-0.1, -0.05) is 78.9 Å². The number of fused-ring (bicyclic) bond motifs is 6. The lowest BCUT2D eigenvalue weighted by atomic mass is 9.77. The van der Waals surface area contributed by atoms with Crippen LogP contribution >= 0.6 is 0 Å². The first-order valence-electron chi connectivity index (χ1n) is 17.1. The minimum atomic E-state index is -1.59. The van der Waals surface area contributed by atoms with Crippen LogP contribution in [0, 0.1) is 0 Å². The molecule has 0 amide bonds. The van der Waals surface area contributed by atoms with Gasteiger partial charge in [0.1, 0.15) is 11.2 Å². The molecule has 0 radical (unpaired) electrons. The molecule has 0 aliphatic carbocycles. The summed E-state index contributed by atoms with van der Waals surface area (Å²) in [6, 6.07) is 40.8. The standard InChI is InChI=1S/C42H32B2N2O7/c47-42(48)34-10-4-3-9-33(34)39-35-17-13-25-21-29(45-23-27-7-1-5-11-37(27)43(49)50)15-19-31(25)40(35)53-41-32-20-16-30(22-26(32)14-18-36(39)41)46-24-28-8-2-6-12-38(28)44(51)52/h1-22,45,49-52H,23-24H2,(H,47,48). The molecule has 1 aromatic heterocycles. The lowest BCUT2D eigenvalue weighted by Crippen LogP contribution is -2.33. The Bertz CT molecular complexity index is 2780. The topological polar surface area (TPSA) is 156 Å². The predicted molar refractivity (Wildman–Crippen MR) is 210 cm³/mol. The maximum atomic E-state index is 12.5. The zero-order valence-corrected chi connectivity index (χ0v) is 28.3. The van der Waals surface area contributed by atoms with E-state index in [-0.39, 0.29) is 12.1 Å². The number of aromatic carboxylic acids is 1. The van der Waals surface area contributed by atoms with Gasteiger partial charge in [0.05, 0.1) is 17.5 Å². The lowest BCUT2D eigenvalue weighted by Gasteiger charge is -2.16. The van der Waals surface area contributed by atoms with E-state index in [1.165, 1.54) is 0 Å². The first-order chi connectivity index (χ1) is 25.8. The molecule has 6 N–H and O–H groups in total. The number of carboxylic acid groups (broad SMARTS) is 1. The second kappa shape index (κ2) is 14.1.